The number of aliphatic hydroxyl groups excluding tert-OH is 2. The molecular formula is C39H69N17O14. The standard InChI is InChI=1S/C39H69N17O14/c1-18(40)29(61)54-24(16-57)33(65)50-20(9-11-27(41)59)31(63)49-19(2)30(62)52-22(6-3-13-47-38(43)44)36(68)56-15-5-8-26(56)35(67)55-25(17-58)34(66)51-21(10-12-28(42)60)32(64)53-23(37(69)70)7-4-14-48-39(45)46/h18-26,57-58H,3-17,40H2,1-2H3,(H2,41,59)(H2,42,60)(H,49,63)(H,50,65)(H,51,66)(H,52,62)(H,53,64)(H,54,61)(H,55,67)(H,69,70)(H4,43,44,47)(H4,45,46,48)/t18-,19-,20-,21-,22-,23-,24-,25-,26-/m0/s1. The number of nitrogens with two attached hydrogens (primary N) is 7. The molecule has 0 radical (unpaired) electrons. The van der Waals surface area contributed by atoms with E-state index in [1.165, 1.54) is 13.8 Å². The molecule has 0 aliphatic carbocycles. The molecule has 1 aliphatic heterocycles. The molecule has 1 heterocycles. The number of guanidine groups is 2. The maximum absolute atomic E-state index is 14.2. The van der Waals surface area contributed by atoms with Crippen molar-refractivity contribution in [1.29, 1.82) is 0 Å². The average molecular weight is 1000 g/mol. The summed E-state index contributed by atoms with van der Waals surface area (Å²) in [4.78, 5) is 150. The SMILES string of the molecule is C[C@H](N)C(=O)N[C@@H](CO)C(=O)N[C@@H](CCC(N)=O)C(=O)N[C@@H](C)C(=O)N[C@@H](CCCN=C(N)N)C(=O)N1CCC[C@H]1C(=O)N[C@@H](CO)C(=O)N[C@@H](CCC(N)=O)C(=O)N[C@@H](CCCN=C(N)N)C(=O)O. The Balaban J connectivity index is 3.28. The summed E-state index contributed by atoms with van der Waals surface area (Å²) in [5, 5.41) is 45.8. The van der Waals surface area contributed by atoms with Crippen LogP contribution in [0.25, 0.3) is 0 Å². The third kappa shape index (κ3) is 22.1. The van der Waals surface area contributed by atoms with Crippen LogP contribution in [0.3, 0.4) is 0 Å². The molecule has 0 unspecified atom stereocenters. The number of hydrogen-bond donors (Lipinski definition) is 17. The number of likely N-dealkylation sites (tertiary alicyclic amines) is 1. The Morgan fingerprint density at radius 2 is 0.971 bits per heavy atom. The lowest BCUT2D eigenvalue weighted by atomic mass is 10.1. The molecule has 31 nitrogen and oxygen atoms in total. The fourth-order valence-electron chi connectivity index (χ4n) is 6.59. The molecule has 0 bridgehead atoms. The van der Waals surface area contributed by atoms with Crippen molar-refractivity contribution in [3.8, 4) is 0 Å². The van der Waals surface area contributed by atoms with Crippen LogP contribution >= 0.6 is 0 Å². The van der Waals surface area contributed by atoms with Gasteiger partial charge in [0.1, 0.15) is 48.3 Å². The highest BCUT2D eigenvalue weighted by Crippen LogP contribution is 2.20. The van der Waals surface area contributed by atoms with Gasteiger partial charge in [-0.25, -0.2) is 4.79 Å². The first-order chi connectivity index (χ1) is 32.8. The molecule has 0 spiro atoms. The van der Waals surface area contributed by atoms with Gasteiger partial charge in [-0.15, -0.1) is 0 Å². The van der Waals surface area contributed by atoms with Crippen LogP contribution < -0.4 is 77.4 Å². The highest BCUT2D eigenvalue weighted by Gasteiger charge is 2.40. The molecule has 9 atom stereocenters. The minimum atomic E-state index is -1.75. The van der Waals surface area contributed by atoms with Crippen molar-refractivity contribution in [2.45, 2.75) is 132 Å². The second-order valence-corrected chi connectivity index (χ2v) is 16.2. The summed E-state index contributed by atoms with van der Waals surface area (Å²) >= 11 is 0. The van der Waals surface area contributed by atoms with E-state index in [1.54, 1.807) is 0 Å². The molecule has 70 heavy (non-hydrogen) atoms. The average Bonchev–Trinajstić information content (AvgIpc) is 3.78. The maximum atomic E-state index is 14.2. The van der Waals surface area contributed by atoms with E-state index in [2.05, 4.69) is 47.2 Å². The second-order valence-electron chi connectivity index (χ2n) is 16.2. The Bertz CT molecular complexity index is 1930. The van der Waals surface area contributed by atoms with Crippen molar-refractivity contribution in [3.05, 3.63) is 0 Å². The number of aliphatic carboxylic acids is 1. The molecular weight excluding hydrogens is 931 g/mol. The fraction of sp³-hybridized carbons (Fsp3) is 0.667. The molecule has 1 rings (SSSR count). The number of hydrogen-bond acceptors (Lipinski definition) is 16. The number of nitrogens with zero attached hydrogens (tertiary/aromatic N) is 3. The van der Waals surface area contributed by atoms with Crippen LogP contribution in [0.1, 0.15) is 78.1 Å². The lowest BCUT2D eigenvalue weighted by Gasteiger charge is -2.30. The van der Waals surface area contributed by atoms with Gasteiger partial charge in [-0.05, 0) is 65.2 Å². The predicted molar refractivity (Wildman–Crippen MR) is 246 cm³/mol. The molecule has 0 saturated carbocycles. The van der Waals surface area contributed by atoms with E-state index in [0.717, 1.165) is 4.90 Å². The van der Waals surface area contributed by atoms with Gasteiger partial charge in [-0.1, -0.05) is 0 Å². The van der Waals surface area contributed by atoms with Gasteiger partial charge in [-0.2, -0.15) is 0 Å². The van der Waals surface area contributed by atoms with E-state index in [0.29, 0.717) is 0 Å². The number of aliphatic hydroxyl groups is 2. The molecule has 1 saturated heterocycles. The van der Waals surface area contributed by atoms with E-state index in [4.69, 9.17) is 40.1 Å². The van der Waals surface area contributed by atoms with Gasteiger partial charge in [0.15, 0.2) is 11.9 Å². The maximum Gasteiger partial charge on any atom is 0.326 e. The normalized spacial score (nSPS) is 16.4. The lowest BCUT2D eigenvalue weighted by Crippen LogP contribution is -2.60. The van der Waals surface area contributed by atoms with Gasteiger partial charge in [0.05, 0.1) is 19.3 Å². The first-order valence-electron chi connectivity index (χ1n) is 22.1. The third-order valence-electron chi connectivity index (χ3n) is 10.4. The van der Waals surface area contributed by atoms with Crippen molar-refractivity contribution in [3.63, 3.8) is 0 Å². The Hall–Kier alpha value is -7.41. The zero-order valence-electron chi connectivity index (χ0n) is 39.0. The minimum absolute atomic E-state index is 0.00104. The molecule has 31 heteroatoms. The number of carbonyl (C=O) groups excluding carboxylic acids is 10. The number of amides is 10. The number of rotatable bonds is 32. The van der Waals surface area contributed by atoms with E-state index in [1.807, 2.05) is 0 Å². The summed E-state index contributed by atoms with van der Waals surface area (Å²) in [6.07, 6.45) is -1.33. The van der Waals surface area contributed by atoms with Crippen molar-refractivity contribution >= 4 is 77.0 Å². The Morgan fingerprint density at radius 1 is 0.557 bits per heavy atom. The first-order valence-corrected chi connectivity index (χ1v) is 22.1. The summed E-state index contributed by atoms with van der Waals surface area (Å²) in [6.45, 7) is 0.650. The molecule has 0 aromatic heterocycles. The van der Waals surface area contributed by atoms with Crippen LogP contribution in [0.15, 0.2) is 9.98 Å². The monoisotopic (exact) mass is 1000 g/mol. The van der Waals surface area contributed by atoms with Crippen LogP contribution in [0.4, 0.5) is 0 Å². The van der Waals surface area contributed by atoms with Crippen LogP contribution in [0.2, 0.25) is 0 Å². The van der Waals surface area contributed by atoms with Gasteiger partial charge in [-0.3, -0.25) is 57.9 Å². The molecule has 0 aromatic rings. The summed E-state index contributed by atoms with van der Waals surface area (Å²) in [5.41, 5.74) is 37.4. The fourth-order valence-corrected chi connectivity index (χ4v) is 6.59. The van der Waals surface area contributed by atoms with Gasteiger partial charge >= 0.3 is 5.97 Å². The van der Waals surface area contributed by atoms with Crippen LogP contribution in [-0.4, -0.2) is 184 Å². The van der Waals surface area contributed by atoms with Crippen molar-refractivity contribution in [2.24, 2.45) is 50.1 Å². The summed E-state index contributed by atoms with van der Waals surface area (Å²) in [5.74, 6) is -11.3. The molecule has 1 aliphatic rings. The first kappa shape index (κ1) is 60.6. The highest BCUT2D eigenvalue weighted by molar-refractivity contribution is 5.98. The predicted octanol–water partition coefficient (Wildman–Crippen LogP) is -9.55. The molecule has 394 valence electrons. The number of nitrogens with one attached hydrogen (secondary N) is 7. The van der Waals surface area contributed by atoms with E-state index >= 15 is 0 Å². The topological polar surface area (TPSA) is 543 Å². The number of carbonyl (C=O) groups is 11. The smallest absolute Gasteiger partial charge is 0.326 e. The van der Waals surface area contributed by atoms with Crippen molar-refractivity contribution < 1.29 is 68.1 Å². The van der Waals surface area contributed by atoms with Gasteiger partial charge in [0.25, 0.3) is 0 Å². The quantitative estimate of drug-likeness (QED) is 0.0169. The number of aliphatic imine (C=N–C) groups is 2. The van der Waals surface area contributed by atoms with Gasteiger partial charge in [0, 0.05) is 32.5 Å². The summed E-state index contributed by atoms with van der Waals surface area (Å²) in [7, 11) is 0. The van der Waals surface area contributed by atoms with Crippen molar-refractivity contribution in [2.75, 3.05) is 32.8 Å². The van der Waals surface area contributed by atoms with E-state index in [9.17, 15) is 68.1 Å². The zero-order valence-corrected chi connectivity index (χ0v) is 39.0. The molecule has 1 fully saturated rings. The summed E-state index contributed by atoms with van der Waals surface area (Å²) < 4.78 is 0. The van der Waals surface area contributed by atoms with Gasteiger partial charge < -0.3 is 97.6 Å². The largest absolute Gasteiger partial charge is 0.480 e. The lowest BCUT2D eigenvalue weighted by molar-refractivity contribution is -0.143. The number of carboxylic acids is 1. The van der Waals surface area contributed by atoms with Crippen LogP contribution in [0, 0.1) is 0 Å². The summed E-state index contributed by atoms with van der Waals surface area (Å²) in [6, 6.07) is -13.0. The molecule has 0 aromatic carbocycles. The Kier molecular flexibility index (Phi) is 26.7. The van der Waals surface area contributed by atoms with Crippen LogP contribution in [-0.2, 0) is 52.7 Å². The Labute approximate surface area is 402 Å². The van der Waals surface area contributed by atoms with Crippen LogP contribution in [0.5, 0.6) is 0 Å². The highest BCUT2D eigenvalue weighted by atomic mass is 16.4. The second kappa shape index (κ2) is 30.9. The number of carboxylic acid groups (broad SMARTS) is 1. The minimum Gasteiger partial charge on any atom is -0.480 e. The molecule has 10 amide bonds. The number of primary amides is 2. The van der Waals surface area contributed by atoms with Gasteiger partial charge in [0.2, 0.25) is 59.1 Å². The zero-order chi connectivity index (χ0) is 53.2. The van der Waals surface area contributed by atoms with E-state index in [-0.39, 0.29) is 76.5 Å². The van der Waals surface area contributed by atoms with E-state index < -0.39 is 152 Å². The molecule has 24 N–H and O–H groups in total. The Morgan fingerprint density at radius 3 is 1.41 bits per heavy atom. The third-order valence-corrected chi connectivity index (χ3v) is 10.4. The van der Waals surface area contributed by atoms with Crippen molar-refractivity contribution in [1.82, 2.24) is 42.1 Å².